The number of rotatable bonds is 5. The summed E-state index contributed by atoms with van der Waals surface area (Å²) < 4.78 is 0. The van der Waals surface area contributed by atoms with E-state index in [2.05, 4.69) is 32.6 Å². The molecule has 0 aliphatic rings. The van der Waals surface area contributed by atoms with Gasteiger partial charge in [-0.2, -0.15) is 13.5 Å². The van der Waals surface area contributed by atoms with E-state index in [-0.39, 0.29) is 33.6 Å². The Labute approximate surface area is 102 Å². The molecule has 0 fully saturated rings. The molecule has 2 N–H and O–H groups in total. The van der Waals surface area contributed by atoms with Gasteiger partial charge in [-0.25, -0.2) is 0 Å². The number of nitrogens with zero attached hydrogens (tertiary/aromatic N) is 1. The van der Waals surface area contributed by atoms with Crippen molar-refractivity contribution in [3.63, 3.8) is 0 Å². The van der Waals surface area contributed by atoms with Gasteiger partial charge in [0, 0.05) is 18.1 Å². The third kappa shape index (κ3) is 6.40. The van der Waals surface area contributed by atoms with Gasteiger partial charge in [0.05, 0.1) is 12.7 Å². The van der Waals surface area contributed by atoms with E-state index in [1.807, 2.05) is 6.92 Å². The van der Waals surface area contributed by atoms with E-state index < -0.39 is 6.10 Å². The summed E-state index contributed by atoms with van der Waals surface area (Å²) in [7, 11) is 0. The highest BCUT2D eigenvalue weighted by molar-refractivity contribution is 7.59. The van der Waals surface area contributed by atoms with Crippen LogP contribution in [0.25, 0.3) is 0 Å². The molecule has 0 amide bonds. The zero-order valence-corrected chi connectivity index (χ0v) is 10.9. The molecule has 3 nitrogen and oxygen atoms in total. The first kappa shape index (κ1) is 20.6. The molecule has 0 unspecified atom stereocenters. The predicted molar refractivity (Wildman–Crippen MR) is 71.8 cm³/mol. The van der Waals surface area contributed by atoms with Crippen LogP contribution in [0.3, 0.4) is 0 Å². The summed E-state index contributed by atoms with van der Waals surface area (Å²) in [6, 6.07) is 0.775. The van der Waals surface area contributed by atoms with Crippen molar-refractivity contribution in [3.05, 3.63) is 0 Å². The van der Waals surface area contributed by atoms with Crippen molar-refractivity contribution in [2.45, 2.75) is 66.3 Å². The van der Waals surface area contributed by atoms with Crippen molar-refractivity contribution in [2.75, 3.05) is 6.61 Å². The van der Waals surface area contributed by atoms with Crippen LogP contribution in [0.4, 0.5) is 0 Å². The van der Waals surface area contributed by atoms with Crippen LogP contribution in [0.1, 0.15) is 42.0 Å². The topological polar surface area (TPSA) is 43.7 Å². The third-order valence-corrected chi connectivity index (χ3v) is 2.41. The highest BCUT2D eigenvalue weighted by Gasteiger charge is 2.25. The lowest BCUT2D eigenvalue weighted by Crippen LogP contribution is -2.50. The van der Waals surface area contributed by atoms with E-state index in [0.29, 0.717) is 12.1 Å². The minimum absolute atomic E-state index is 0. The highest BCUT2D eigenvalue weighted by atomic mass is 32.1. The standard InChI is InChI=1S/C10H23NO2.CH4.H2S/c1-7(2)11(8(3)4)9(5)10(13)6-12;;/h7-10,12-13H,6H2,1-5H3;1H4;1H2/t9-,10-;;/m0../s1. The molecule has 0 spiro atoms. The van der Waals surface area contributed by atoms with Crippen LogP contribution >= 0.6 is 13.5 Å². The van der Waals surface area contributed by atoms with Gasteiger partial charge in [-0.3, -0.25) is 4.90 Å². The summed E-state index contributed by atoms with van der Waals surface area (Å²) in [6.07, 6.45) is -0.648. The summed E-state index contributed by atoms with van der Waals surface area (Å²) in [5.41, 5.74) is 0. The van der Waals surface area contributed by atoms with Gasteiger partial charge in [-0.15, -0.1) is 0 Å². The molecule has 0 aromatic carbocycles. The molecule has 0 aromatic heterocycles. The van der Waals surface area contributed by atoms with Gasteiger partial charge >= 0.3 is 0 Å². The van der Waals surface area contributed by atoms with Crippen molar-refractivity contribution in [3.8, 4) is 0 Å². The fraction of sp³-hybridized carbons (Fsp3) is 1.00. The van der Waals surface area contributed by atoms with Crippen LogP contribution in [0.2, 0.25) is 0 Å². The normalized spacial score (nSPS) is 14.8. The fourth-order valence-electron chi connectivity index (χ4n) is 1.89. The third-order valence-electron chi connectivity index (χ3n) is 2.41. The van der Waals surface area contributed by atoms with Gasteiger partial charge in [0.15, 0.2) is 0 Å². The van der Waals surface area contributed by atoms with Crippen LogP contribution in [0.15, 0.2) is 0 Å². The molecule has 0 bridgehead atoms. The Morgan fingerprint density at radius 3 is 1.53 bits per heavy atom. The molecule has 0 heterocycles. The first-order valence-electron chi connectivity index (χ1n) is 4.98. The summed E-state index contributed by atoms with van der Waals surface area (Å²) in [5.74, 6) is 0. The Kier molecular flexibility index (Phi) is 13.0. The lowest BCUT2D eigenvalue weighted by atomic mass is 10.1. The van der Waals surface area contributed by atoms with Gasteiger partial charge in [-0.1, -0.05) is 7.43 Å². The van der Waals surface area contributed by atoms with Crippen LogP contribution in [0.5, 0.6) is 0 Å². The summed E-state index contributed by atoms with van der Waals surface area (Å²) in [5, 5.41) is 18.3. The number of aliphatic hydroxyl groups is 2. The van der Waals surface area contributed by atoms with Gasteiger partial charge in [0.25, 0.3) is 0 Å². The zero-order chi connectivity index (χ0) is 10.6. The minimum atomic E-state index is -0.648. The van der Waals surface area contributed by atoms with Gasteiger partial charge in [-0.05, 0) is 34.6 Å². The molecule has 0 saturated carbocycles. The molecule has 0 aromatic rings. The minimum Gasteiger partial charge on any atom is -0.394 e. The van der Waals surface area contributed by atoms with E-state index in [0.717, 1.165) is 0 Å². The molecule has 2 atom stereocenters. The highest BCUT2D eigenvalue weighted by Crippen LogP contribution is 2.13. The van der Waals surface area contributed by atoms with E-state index >= 15 is 0 Å². The van der Waals surface area contributed by atoms with Gasteiger partial charge < -0.3 is 10.2 Å². The van der Waals surface area contributed by atoms with Crippen LogP contribution in [0, 0.1) is 0 Å². The zero-order valence-electron chi connectivity index (χ0n) is 9.86. The molecule has 0 saturated heterocycles. The summed E-state index contributed by atoms with van der Waals surface area (Å²) >= 11 is 0. The molecule has 0 aliphatic heterocycles. The summed E-state index contributed by atoms with van der Waals surface area (Å²) in [6.45, 7) is 10.2. The number of hydrogen-bond donors (Lipinski definition) is 2. The number of hydrogen-bond acceptors (Lipinski definition) is 3. The van der Waals surface area contributed by atoms with Crippen molar-refractivity contribution < 1.29 is 10.2 Å². The van der Waals surface area contributed by atoms with Gasteiger partial charge in [0.2, 0.25) is 0 Å². The molecular formula is C11H29NO2S. The SMILES string of the molecule is C.CC(C)N(C(C)C)[C@@H](C)[C@@H](O)CO.S. The van der Waals surface area contributed by atoms with E-state index in [9.17, 15) is 5.11 Å². The second-order valence-corrected chi connectivity index (χ2v) is 4.13. The Balaban J connectivity index is -0.000000720. The molecule has 0 radical (unpaired) electrons. The molecule has 0 aliphatic carbocycles. The summed E-state index contributed by atoms with van der Waals surface area (Å²) in [4.78, 5) is 2.20. The van der Waals surface area contributed by atoms with Crippen molar-refractivity contribution in [2.24, 2.45) is 0 Å². The first-order chi connectivity index (χ1) is 5.91. The molecule has 96 valence electrons. The maximum absolute atomic E-state index is 9.50. The second kappa shape index (κ2) is 9.46. The monoisotopic (exact) mass is 239 g/mol. The number of aliphatic hydroxyl groups excluding tert-OH is 2. The van der Waals surface area contributed by atoms with E-state index in [1.165, 1.54) is 0 Å². The van der Waals surface area contributed by atoms with Crippen molar-refractivity contribution in [1.29, 1.82) is 0 Å². The fourth-order valence-corrected chi connectivity index (χ4v) is 1.89. The molecule has 15 heavy (non-hydrogen) atoms. The lowest BCUT2D eigenvalue weighted by molar-refractivity contribution is -0.00699. The second-order valence-electron chi connectivity index (χ2n) is 4.13. The lowest BCUT2D eigenvalue weighted by Gasteiger charge is -2.38. The Morgan fingerprint density at radius 1 is 1.00 bits per heavy atom. The molecule has 0 rings (SSSR count). The predicted octanol–water partition coefficient (Wildman–Crippen LogP) is 1.60. The van der Waals surface area contributed by atoms with Crippen molar-refractivity contribution in [1.82, 2.24) is 4.90 Å². The molecule has 4 heteroatoms. The van der Waals surface area contributed by atoms with Crippen molar-refractivity contribution >= 4 is 13.5 Å². The van der Waals surface area contributed by atoms with E-state index in [1.54, 1.807) is 0 Å². The average Bonchev–Trinajstić information content (AvgIpc) is 2.01. The van der Waals surface area contributed by atoms with Gasteiger partial charge in [0.1, 0.15) is 0 Å². The Hall–Kier alpha value is 0.230. The Bertz CT molecular complexity index is 135. The van der Waals surface area contributed by atoms with Crippen LogP contribution in [-0.4, -0.2) is 45.9 Å². The average molecular weight is 239 g/mol. The first-order valence-corrected chi connectivity index (χ1v) is 4.98. The van der Waals surface area contributed by atoms with E-state index in [4.69, 9.17) is 5.11 Å². The molecular weight excluding hydrogens is 210 g/mol. The van der Waals surface area contributed by atoms with Crippen LogP contribution in [-0.2, 0) is 0 Å². The Morgan fingerprint density at radius 2 is 1.33 bits per heavy atom. The maximum atomic E-state index is 9.50. The quantitative estimate of drug-likeness (QED) is 0.766. The smallest absolute Gasteiger partial charge is 0.0923 e. The largest absolute Gasteiger partial charge is 0.394 e. The van der Waals surface area contributed by atoms with Crippen LogP contribution < -0.4 is 0 Å². The maximum Gasteiger partial charge on any atom is 0.0923 e.